The van der Waals surface area contributed by atoms with E-state index in [2.05, 4.69) is 15.9 Å². The van der Waals surface area contributed by atoms with Gasteiger partial charge >= 0.3 is 0 Å². The molecule has 12 heteroatoms. The van der Waals surface area contributed by atoms with Crippen molar-refractivity contribution in [2.75, 3.05) is 12.6 Å². The van der Waals surface area contributed by atoms with Gasteiger partial charge in [0.2, 0.25) is 11.8 Å². The van der Waals surface area contributed by atoms with Crippen molar-refractivity contribution >= 4 is 74.1 Å². The summed E-state index contributed by atoms with van der Waals surface area (Å²) < 4.78 is 5.32. The molecule has 0 unspecified atom stereocenters. The Kier molecular flexibility index (Phi) is 6.41. The van der Waals surface area contributed by atoms with Gasteiger partial charge in [0, 0.05) is 16.4 Å². The summed E-state index contributed by atoms with van der Waals surface area (Å²) in [6.07, 6.45) is 1.99. The highest BCUT2D eigenvalue weighted by molar-refractivity contribution is 9.09. The minimum atomic E-state index is -1.99. The minimum absolute atomic E-state index is 0.105. The summed E-state index contributed by atoms with van der Waals surface area (Å²) in [6.45, 7) is 0.171. The number of allylic oxidation sites excluding steroid dienone is 2. The van der Waals surface area contributed by atoms with Crippen LogP contribution >= 0.6 is 50.5 Å². The summed E-state index contributed by atoms with van der Waals surface area (Å²) in [5.74, 6) is -5.15. The summed E-state index contributed by atoms with van der Waals surface area (Å²) in [7, 11) is 1.40. The molecule has 1 aromatic heterocycles. The normalized spacial score (nSPS) is 33.7. The first-order valence-electron chi connectivity index (χ1n) is 12.3. The molecule has 6 atom stereocenters. The quantitative estimate of drug-likeness (QED) is 0.222. The van der Waals surface area contributed by atoms with Gasteiger partial charge in [0.1, 0.15) is 0 Å². The summed E-state index contributed by atoms with van der Waals surface area (Å²) in [4.78, 5) is 54.0. The number of ether oxygens (including phenoxy) is 1. The Morgan fingerprint density at radius 2 is 1.85 bits per heavy atom. The monoisotopic (exact) mass is 652 g/mol. The number of alkyl halides is 3. The Morgan fingerprint density at radius 1 is 1.08 bits per heavy atom. The maximum Gasteiger partial charge on any atom is 0.254 e. The maximum atomic E-state index is 13.9. The molecule has 2 aromatic rings. The topological polar surface area (TPSA) is 104 Å². The number of hydrogen-bond acceptors (Lipinski definition) is 7. The molecule has 1 aromatic carbocycles. The van der Waals surface area contributed by atoms with Gasteiger partial charge in [-0.15, -0.1) is 34.5 Å². The molecule has 0 bridgehead atoms. The van der Waals surface area contributed by atoms with E-state index in [9.17, 15) is 24.3 Å². The van der Waals surface area contributed by atoms with Crippen LogP contribution in [0.3, 0.4) is 0 Å². The van der Waals surface area contributed by atoms with Crippen molar-refractivity contribution < 1.29 is 29.0 Å². The van der Waals surface area contributed by atoms with Crippen LogP contribution in [0.5, 0.6) is 11.5 Å². The fourth-order valence-electron chi connectivity index (χ4n) is 6.81. The average molecular weight is 654 g/mol. The van der Waals surface area contributed by atoms with Crippen LogP contribution < -0.4 is 4.74 Å². The van der Waals surface area contributed by atoms with Crippen LogP contribution in [0.4, 0.5) is 0 Å². The van der Waals surface area contributed by atoms with E-state index < -0.39 is 45.2 Å². The lowest BCUT2D eigenvalue weighted by Gasteiger charge is -2.50. The van der Waals surface area contributed by atoms with E-state index in [1.165, 1.54) is 23.3 Å². The number of methoxy groups -OCH3 is 1. The molecule has 1 N–H and O–H groups in total. The van der Waals surface area contributed by atoms with E-state index in [1.54, 1.807) is 18.2 Å². The van der Waals surface area contributed by atoms with E-state index in [0.29, 0.717) is 5.57 Å². The van der Waals surface area contributed by atoms with E-state index >= 15 is 0 Å². The summed E-state index contributed by atoms with van der Waals surface area (Å²) in [5.41, 5.74) is 0.753. The third-order valence-corrected chi connectivity index (χ3v) is 11.3. The van der Waals surface area contributed by atoms with E-state index in [-0.39, 0.29) is 53.7 Å². The molecule has 1 saturated carbocycles. The van der Waals surface area contributed by atoms with Gasteiger partial charge in [-0.25, -0.2) is 0 Å². The summed E-state index contributed by atoms with van der Waals surface area (Å²) in [5, 5.41) is 13.1. The first kappa shape index (κ1) is 26.8. The number of phenols is 1. The van der Waals surface area contributed by atoms with Gasteiger partial charge in [0.25, 0.3) is 11.8 Å². The fourth-order valence-corrected chi connectivity index (χ4v) is 8.92. The number of halogens is 3. The number of likely N-dealkylation sites (tertiary alicyclic amines) is 2. The molecular weight excluding hydrogens is 631 g/mol. The van der Waals surface area contributed by atoms with Crippen LogP contribution in [-0.4, -0.2) is 60.8 Å². The van der Waals surface area contributed by atoms with E-state index in [1.807, 2.05) is 23.6 Å². The number of phenolic OH excluding ortho intramolecular Hbond substituents is 1. The number of imide groups is 2. The number of thiophene rings is 1. The van der Waals surface area contributed by atoms with Crippen molar-refractivity contribution in [2.24, 2.45) is 17.8 Å². The van der Waals surface area contributed by atoms with Crippen molar-refractivity contribution in [3.05, 3.63) is 57.8 Å². The van der Waals surface area contributed by atoms with E-state index in [0.717, 1.165) is 9.78 Å². The molecule has 3 heterocycles. The molecule has 204 valence electrons. The fraction of sp³-hybridized carbons (Fsp3) is 0.407. The van der Waals surface area contributed by atoms with Crippen molar-refractivity contribution in [3.8, 4) is 11.5 Å². The molecule has 2 aliphatic heterocycles. The Morgan fingerprint density at radius 3 is 2.51 bits per heavy atom. The standard InChI is InChI=1S/C27H23BrCl2N2O6S/c1-38-18-6-2-5-16(21(18)33)20-14-7-8-15-19(23(35)31(22(15)34)11-13-4-3-9-39-13)17(14)10-26(29)24(36)32(12-28)25(37)27(20,26)30/h2-7,9,15,17,19-20,33H,8,10-12H2,1H3/t15-,17+,19-,20+,26+,27-/m0/s1. The Balaban J connectivity index is 1.52. The van der Waals surface area contributed by atoms with Crippen LogP contribution in [0, 0.1) is 17.8 Å². The third-order valence-electron chi connectivity index (χ3n) is 8.56. The second-order valence-electron chi connectivity index (χ2n) is 10.2. The van der Waals surface area contributed by atoms with Gasteiger partial charge in [-0.2, -0.15) is 0 Å². The number of para-hydroxylation sites is 1. The predicted octanol–water partition coefficient (Wildman–Crippen LogP) is 4.37. The van der Waals surface area contributed by atoms with Crippen molar-refractivity contribution in [1.29, 1.82) is 0 Å². The molecule has 0 spiro atoms. The Labute approximate surface area is 246 Å². The first-order chi connectivity index (χ1) is 18.6. The minimum Gasteiger partial charge on any atom is -0.504 e. The van der Waals surface area contributed by atoms with Gasteiger partial charge in [-0.05, 0) is 36.3 Å². The molecule has 8 nitrogen and oxygen atoms in total. The number of aromatic hydroxyl groups is 1. The zero-order chi connectivity index (χ0) is 27.9. The highest BCUT2D eigenvalue weighted by Gasteiger charge is 2.76. The number of rotatable bonds is 5. The van der Waals surface area contributed by atoms with Gasteiger partial charge in [0.15, 0.2) is 21.2 Å². The predicted molar refractivity (Wildman–Crippen MR) is 148 cm³/mol. The highest BCUT2D eigenvalue weighted by Crippen LogP contribution is 2.66. The summed E-state index contributed by atoms with van der Waals surface area (Å²) in [6, 6.07) is 8.55. The van der Waals surface area contributed by atoms with Gasteiger partial charge in [0.05, 0.1) is 30.9 Å². The van der Waals surface area contributed by atoms with E-state index in [4.69, 9.17) is 27.9 Å². The van der Waals surface area contributed by atoms with Gasteiger partial charge in [-0.1, -0.05) is 45.8 Å². The van der Waals surface area contributed by atoms with Crippen LogP contribution in [0.15, 0.2) is 47.4 Å². The largest absolute Gasteiger partial charge is 0.504 e. The number of hydrogen-bond donors (Lipinski definition) is 1. The van der Waals surface area contributed by atoms with Gasteiger partial charge in [-0.3, -0.25) is 29.0 Å². The molecule has 3 fully saturated rings. The van der Waals surface area contributed by atoms with Gasteiger partial charge < -0.3 is 9.84 Å². The van der Waals surface area contributed by atoms with Crippen LogP contribution in [0.25, 0.3) is 0 Å². The number of carbonyl (C=O) groups excluding carboxylic acids is 4. The molecule has 0 radical (unpaired) electrons. The SMILES string of the molecule is COc1cccc([C@H]2C3=CC[C@@H]4C(=O)N(Cc5cccs5)C(=O)[C@@H]4[C@@H]3C[C@@]3(Cl)C(=O)N(CBr)C(=O)[C@@]23Cl)c1O. The molecule has 4 amide bonds. The smallest absolute Gasteiger partial charge is 0.254 e. The molecule has 2 saturated heterocycles. The van der Waals surface area contributed by atoms with Crippen molar-refractivity contribution in [3.63, 3.8) is 0 Å². The number of carbonyl (C=O) groups is 4. The number of benzene rings is 1. The molecule has 2 aliphatic carbocycles. The summed E-state index contributed by atoms with van der Waals surface area (Å²) >= 11 is 19.0. The average Bonchev–Trinajstić information content (AvgIpc) is 3.56. The number of nitrogens with zero attached hydrogens (tertiary/aromatic N) is 2. The number of amides is 4. The molecule has 4 aliphatic rings. The Hall–Kier alpha value is -2.40. The van der Waals surface area contributed by atoms with Crippen LogP contribution in [0.2, 0.25) is 0 Å². The zero-order valence-corrected chi connectivity index (χ0v) is 24.5. The lowest BCUT2D eigenvalue weighted by molar-refractivity contribution is -0.141. The third kappa shape index (κ3) is 3.47. The van der Waals surface area contributed by atoms with Crippen molar-refractivity contribution in [2.45, 2.75) is 35.1 Å². The van der Waals surface area contributed by atoms with Crippen molar-refractivity contribution in [1.82, 2.24) is 9.80 Å². The van der Waals surface area contributed by atoms with Crippen LogP contribution in [0.1, 0.15) is 29.2 Å². The lowest BCUT2D eigenvalue weighted by Crippen LogP contribution is -2.60. The molecule has 39 heavy (non-hydrogen) atoms. The Bertz CT molecular complexity index is 1450. The highest BCUT2D eigenvalue weighted by atomic mass is 79.9. The lowest BCUT2D eigenvalue weighted by atomic mass is 9.56. The van der Waals surface area contributed by atoms with Crippen LogP contribution in [-0.2, 0) is 25.7 Å². The first-order valence-corrected chi connectivity index (χ1v) is 15.1. The number of fused-ring (bicyclic) bond motifs is 4. The maximum absolute atomic E-state index is 13.9. The molecule has 6 rings (SSSR count). The second kappa shape index (κ2) is 9.33. The molecular formula is C27H23BrCl2N2O6S. The second-order valence-corrected chi connectivity index (χ2v) is 13.0. The zero-order valence-electron chi connectivity index (χ0n) is 20.6.